The van der Waals surface area contributed by atoms with Crippen molar-refractivity contribution in [2.75, 3.05) is 0 Å². The van der Waals surface area contributed by atoms with Crippen molar-refractivity contribution in [2.45, 2.75) is 45.7 Å². The first-order chi connectivity index (χ1) is 9.07. The number of aromatic nitrogens is 2. The average molecular weight is 257 g/mol. The minimum absolute atomic E-state index is 0.488. The Morgan fingerprint density at radius 1 is 1.16 bits per heavy atom. The monoisotopic (exact) mass is 257 g/mol. The Morgan fingerprint density at radius 2 is 1.84 bits per heavy atom. The summed E-state index contributed by atoms with van der Waals surface area (Å²) < 4.78 is 1.96. The van der Waals surface area contributed by atoms with Gasteiger partial charge in [-0.3, -0.25) is 4.68 Å². The van der Waals surface area contributed by atoms with Crippen LogP contribution in [-0.2, 0) is 18.5 Å². The molecule has 3 heteroatoms. The minimum atomic E-state index is -0.488. The molecule has 1 heterocycles. The molecular formula is C16H23N3. The third kappa shape index (κ3) is 2.87. The van der Waals surface area contributed by atoms with Crippen LogP contribution in [0.1, 0.15) is 43.9 Å². The van der Waals surface area contributed by atoms with E-state index in [1.807, 2.05) is 17.8 Å². The molecule has 19 heavy (non-hydrogen) atoms. The van der Waals surface area contributed by atoms with Gasteiger partial charge >= 0.3 is 0 Å². The Labute approximate surface area is 115 Å². The fourth-order valence-corrected chi connectivity index (χ4v) is 2.24. The summed E-state index contributed by atoms with van der Waals surface area (Å²) in [6.07, 6.45) is 6.06. The fraction of sp³-hybridized carbons (Fsp3) is 0.438. The van der Waals surface area contributed by atoms with Crippen molar-refractivity contribution in [2.24, 2.45) is 5.73 Å². The van der Waals surface area contributed by atoms with Gasteiger partial charge in [0.15, 0.2) is 0 Å². The lowest BCUT2D eigenvalue weighted by Crippen LogP contribution is -2.33. The molecule has 0 aliphatic carbocycles. The zero-order valence-electron chi connectivity index (χ0n) is 12.1. The van der Waals surface area contributed by atoms with Crippen LogP contribution in [0.4, 0.5) is 0 Å². The second-order valence-corrected chi connectivity index (χ2v) is 5.24. The van der Waals surface area contributed by atoms with Crippen LogP contribution >= 0.6 is 0 Å². The Morgan fingerprint density at radius 3 is 2.42 bits per heavy atom. The van der Waals surface area contributed by atoms with Gasteiger partial charge in [-0.2, -0.15) is 5.10 Å². The van der Waals surface area contributed by atoms with E-state index in [1.54, 1.807) is 0 Å². The largest absolute Gasteiger partial charge is 0.318 e. The Balaban J connectivity index is 2.28. The maximum atomic E-state index is 6.51. The number of benzene rings is 1. The smallest absolute Gasteiger partial charge is 0.0667 e. The van der Waals surface area contributed by atoms with Crippen molar-refractivity contribution in [3.63, 3.8) is 0 Å². The van der Waals surface area contributed by atoms with Crippen LogP contribution in [0.5, 0.6) is 0 Å². The maximum Gasteiger partial charge on any atom is 0.0667 e. The lowest BCUT2D eigenvalue weighted by molar-refractivity contribution is 0.586. The summed E-state index contributed by atoms with van der Waals surface area (Å²) in [5, 5.41) is 4.37. The molecule has 102 valence electrons. The molecule has 0 radical (unpaired) electrons. The van der Waals surface area contributed by atoms with Gasteiger partial charge < -0.3 is 5.73 Å². The quantitative estimate of drug-likeness (QED) is 0.894. The van der Waals surface area contributed by atoms with Crippen LogP contribution < -0.4 is 5.73 Å². The third-order valence-electron chi connectivity index (χ3n) is 3.65. The molecular weight excluding hydrogens is 234 g/mol. The molecule has 2 N–H and O–H groups in total. The topological polar surface area (TPSA) is 43.8 Å². The molecule has 0 saturated heterocycles. The SMILES string of the molecule is CCCn1cc(C(C)(N)c2ccc(CC)cc2)cn1. The van der Waals surface area contributed by atoms with Crippen molar-refractivity contribution < 1.29 is 0 Å². The summed E-state index contributed by atoms with van der Waals surface area (Å²) in [5.41, 5.74) is 9.54. The van der Waals surface area contributed by atoms with Gasteiger partial charge in [-0.25, -0.2) is 0 Å². The molecule has 0 fully saturated rings. The Kier molecular flexibility index (Phi) is 4.05. The van der Waals surface area contributed by atoms with Gasteiger partial charge in [0.25, 0.3) is 0 Å². The number of hydrogen-bond acceptors (Lipinski definition) is 2. The van der Waals surface area contributed by atoms with Crippen LogP contribution in [0.25, 0.3) is 0 Å². The van der Waals surface area contributed by atoms with Gasteiger partial charge in [0.2, 0.25) is 0 Å². The predicted molar refractivity (Wildman–Crippen MR) is 79.0 cm³/mol. The van der Waals surface area contributed by atoms with E-state index >= 15 is 0 Å². The molecule has 1 aromatic heterocycles. The highest BCUT2D eigenvalue weighted by atomic mass is 15.3. The molecule has 0 aliphatic heterocycles. The lowest BCUT2D eigenvalue weighted by Gasteiger charge is -2.24. The van der Waals surface area contributed by atoms with Crippen molar-refractivity contribution in [3.8, 4) is 0 Å². The normalized spacial score (nSPS) is 14.3. The van der Waals surface area contributed by atoms with Crippen LogP contribution in [0, 0.1) is 0 Å². The standard InChI is InChI=1S/C16H23N3/c1-4-10-19-12-15(11-18-19)16(3,17)14-8-6-13(5-2)7-9-14/h6-9,11-12H,4-5,10,17H2,1-3H3. The molecule has 2 aromatic rings. The molecule has 3 nitrogen and oxygen atoms in total. The van der Waals surface area contributed by atoms with Crippen molar-refractivity contribution >= 4 is 0 Å². The summed E-state index contributed by atoms with van der Waals surface area (Å²) >= 11 is 0. The van der Waals surface area contributed by atoms with Gasteiger partial charge in [-0.1, -0.05) is 38.1 Å². The molecule has 0 aliphatic rings. The summed E-state index contributed by atoms with van der Waals surface area (Å²) in [5.74, 6) is 0. The Hall–Kier alpha value is -1.61. The second kappa shape index (κ2) is 5.57. The molecule has 1 unspecified atom stereocenters. The summed E-state index contributed by atoms with van der Waals surface area (Å²) in [6.45, 7) is 7.28. The molecule has 0 spiro atoms. The molecule has 0 saturated carbocycles. The van der Waals surface area contributed by atoms with Crippen molar-refractivity contribution in [1.82, 2.24) is 9.78 Å². The highest BCUT2D eigenvalue weighted by Gasteiger charge is 2.25. The van der Waals surface area contributed by atoms with Gasteiger partial charge in [0, 0.05) is 18.3 Å². The van der Waals surface area contributed by atoms with E-state index in [1.165, 1.54) is 5.56 Å². The number of nitrogens with two attached hydrogens (primary N) is 1. The molecule has 0 amide bonds. The molecule has 1 aromatic carbocycles. The molecule has 0 bridgehead atoms. The van der Waals surface area contributed by atoms with E-state index in [-0.39, 0.29) is 0 Å². The predicted octanol–water partition coefficient (Wildman–Crippen LogP) is 3.08. The van der Waals surface area contributed by atoms with Crippen LogP contribution in [0.3, 0.4) is 0 Å². The van der Waals surface area contributed by atoms with E-state index in [0.717, 1.165) is 30.5 Å². The minimum Gasteiger partial charge on any atom is -0.318 e. The zero-order valence-corrected chi connectivity index (χ0v) is 12.1. The van der Waals surface area contributed by atoms with Gasteiger partial charge in [0.05, 0.1) is 11.7 Å². The molecule has 1 atom stereocenters. The van der Waals surface area contributed by atoms with Gasteiger partial charge in [-0.15, -0.1) is 0 Å². The number of nitrogens with zero attached hydrogens (tertiary/aromatic N) is 2. The number of rotatable bonds is 5. The van der Waals surface area contributed by atoms with Crippen LogP contribution in [-0.4, -0.2) is 9.78 Å². The van der Waals surface area contributed by atoms with Crippen LogP contribution in [0.15, 0.2) is 36.7 Å². The van der Waals surface area contributed by atoms with E-state index in [2.05, 4.69) is 49.4 Å². The van der Waals surface area contributed by atoms with E-state index < -0.39 is 5.54 Å². The zero-order chi connectivity index (χ0) is 13.9. The van der Waals surface area contributed by atoms with E-state index in [9.17, 15) is 0 Å². The highest BCUT2D eigenvalue weighted by Crippen LogP contribution is 2.26. The van der Waals surface area contributed by atoms with E-state index in [0.29, 0.717) is 0 Å². The highest BCUT2D eigenvalue weighted by molar-refractivity contribution is 5.36. The van der Waals surface area contributed by atoms with Gasteiger partial charge in [0.1, 0.15) is 0 Å². The first kappa shape index (κ1) is 13.8. The van der Waals surface area contributed by atoms with Gasteiger partial charge in [-0.05, 0) is 30.9 Å². The van der Waals surface area contributed by atoms with Crippen molar-refractivity contribution in [1.29, 1.82) is 0 Å². The maximum absolute atomic E-state index is 6.51. The lowest BCUT2D eigenvalue weighted by atomic mass is 9.87. The number of hydrogen-bond donors (Lipinski definition) is 1. The molecule has 2 rings (SSSR count). The summed E-state index contributed by atoms with van der Waals surface area (Å²) in [6, 6.07) is 8.54. The summed E-state index contributed by atoms with van der Waals surface area (Å²) in [7, 11) is 0. The van der Waals surface area contributed by atoms with Crippen molar-refractivity contribution in [3.05, 3.63) is 53.3 Å². The average Bonchev–Trinajstić information content (AvgIpc) is 2.89. The summed E-state index contributed by atoms with van der Waals surface area (Å²) in [4.78, 5) is 0. The van der Waals surface area contributed by atoms with E-state index in [4.69, 9.17) is 5.73 Å². The third-order valence-corrected chi connectivity index (χ3v) is 3.65. The number of aryl methyl sites for hydroxylation is 2. The van der Waals surface area contributed by atoms with Crippen LogP contribution in [0.2, 0.25) is 0 Å². The Bertz CT molecular complexity index is 523. The second-order valence-electron chi connectivity index (χ2n) is 5.24. The first-order valence-electron chi connectivity index (χ1n) is 6.99. The fourth-order valence-electron chi connectivity index (χ4n) is 2.24. The first-order valence-corrected chi connectivity index (χ1v) is 6.99.